The number of aryl methyl sites for hydroxylation is 2. The standard InChI is InChI=1S/C18H25ClN4O4S/c1-13-17(18(19)21(2)20-13)28(24,25)23-9-7-22(8-10-23)12-14-5-6-15(26-3)16(11-14)27-4/h5-6,11H,7-10,12H2,1-4H3. The van der Waals surface area contributed by atoms with Gasteiger partial charge in [0.05, 0.1) is 19.9 Å². The zero-order valence-electron chi connectivity index (χ0n) is 16.5. The molecule has 8 nitrogen and oxygen atoms in total. The lowest BCUT2D eigenvalue weighted by Crippen LogP contribution is -2.48. The van der Waals surface area contributed by atoms with Crippen molar-refractivity contribution in [3.8, 4) is 11.5 Å². The Balaban J connectivity index is 1.68. The second-order valence-electron chi connectivity index (χ2n) is 6.70. The summed E-state index contributed by atoms with van der Waals surface area (Å²) >= 11 is 6.17. The van der Waals surface area contributed by atoms with Crippen LogP contribution < -0.4 is 9.47 Å². The van der Waals surface area contributed by atoms with Crippen LogP contribution in [0, 0.1) is 6.92 Å². The normalized spacial score (nSPS) is 16.3. The fourth-order valence-electron chi connectivity index (χ4n) is 3.40. The van der Waals surface area contributed by atoms with Crippen LogP contribution in [-0.4, -0.2) is 67.8 Å². The monoisotopic (exact) mass is 428 g/mol. The molecule has 154 valence electrons. The van der Waals surface area contributed by atoms with Crippen molar-refractivity contribution in [3.63, 3.8) is 0 Å². The smallest absolute Gasteiger partial charge is 0.248 e. The minimum absolute atomic E-state index is 0.102. The quantitative estimate of drug-likeness (QED) is 0.699. The van der Waals surface area contributed by atoms with Crippen LogP contribution in [0.15, 0.2) is 23.1 Å². The van der Waals surface area contributed by atoms with E-state index in [-0.39, 0.29) is 10.0 Å². The van der Waals surface area contributed by atoms with Gasteiger partial charge in [-0.2, -0.15) is 9.40 Å². The summed E-state index contributed by atoms with van der Waals surface area (Å²) < 4.78 is 39.5. The van der Waals surface area contributed by atoms with Crippen LogP contribution in [0.2, 0.25) is 5.15 Å². The maximum absolute atomic E-state index is 13.0. The van der Waals surface area contributed by atoms with Gasteiger partial charge in [-0.05, 0) is 24.6 Å². The molecule has 0 unspecified atom stereocenters. The Hall–Kier alpha value is -1.81. The molecule has 0 saturated carbocycles. The number of sulfonamides is 1. The van der Waals surface area contributed by atoms with E-state index in [1.54, 1.807) is 28.2 Å². The third kappa shape index (κ3) is 3.98. The minimum Gasteiger partial charge on any atom is -0.493 e. The molecule has 3 rings (SSSR count). The van der Waals surface area contributed by atoms with Gasteiger partial charge < -0.3 is 9.47 Å². The molecular weight excluding hydrogens is 404 g/mol. The number of nitrogens with zero attached hydrogens (tertiary/aromatic N) is 4. The number of benzene rings is 1. The second-order valence-corrected chi connectivity index (χ2v) is 8.93. The fraction of sp³-hybridized carbons (Fsp3) is 0.500. The van der Waals surface area contributed by atoms with Crippen molar-refractivity contribution in [1.29, 1.82) is 0 Å². The molecule has 1 aliphatic rings. The molecule has 1 fully saturated rings. The highest BCUT2D eigenvalue weighted by atomic mass is 35.5. The van der Waals surface area contributed by atoms with Gasteiger partial charge in [-0.1, -0.05) is 17.7 Å². The number of methoxy groups -OCH3 is 2. The van der Waals surface area contributed by atoms with Crippen LogP contribution in [-0.2, 0) is 23.6 Å². The zero-order valence-corrected chi connectivity index (χ0v) is 18.0. The summed E-state index contributed by atoms with van der Waals surface area (Å²) in [6.07, 6.45) is 0. The molecular formula is C18H25ClN4O4S. The van der Waals surface area contributed by atoms with E-state index < -0.39 is 10.0 Å². The molecule has 0 atom stereocenters. The van der Waals surface area contributed by atoms with Gasteiger partial charge in [0.1, 0.15) is 10.0 Å². The molecule has 1 aromatic heterocycles. The third-order valence-corrected chi connectivity index (χ3v) is 7.48. The van der Waals surface area contributed by atoms with E-state index in [1.807, 2.05) is 18.2 Å². The number of ether oxygens (including phenoxy) is 2. The van der Waals surface area contributed by atoms with E-state index in [0.717, 1.165) is 5.56 Å². The third-order valence-electron chi connectivity index (χ3n) is 4.88. The maximum atomic E-state index is 13.0. The van der Waals surface area contributed by atoms with Crippen LogP contribution in [0.3, 0.4) is 0 Å². The molecule has 0 radical (unpaired) electrons. The molecule has 28 heavy (non-hydrogen) atoms. The molecule has 0 bridgehead atoms. The average molecular weight is 429 g/mol. The Morgan fingerprint density at radius 2 is 1.75 bits per heavy atom. The van der Waals surface area contributed by atoms with Gasteiger partial charge in [0, 0.05) is 39.8 Å². The minimum atomic E-state index is -3.66. The number of aromatic nitrogens is 2. The molecule has 0 amide bonds. The molecule has 10 heteroatoms. The Bertz CT molecular complexity index is 953. The fourth-order valence-corrected chi connectivity index (χ4v) is 5.53. The Morgan fingerprint density at radius 1 is 1.11 bits per heavy atom. The van der Waals surface area contributed by atoms with Crippen molar-refractivity contribution in [2.75, 3.05) is 40.4 Å². The van der Waals surface area contributed by atoms with Gasteiger partial charge in [0.25, 0.3) is 0 Å². The van der Waals surface area contributed by atoms with E-state index >= 15 is 0 Å². The molecule has 0 aliphatic carbocycles. The molecule has 2 heterocycles. The molecule has 0 N–H and O–H groups in total. The van der Waals surface area contributed by atoms with Crippen molar-refractivity contribution in [1.82, 2.24) is 19.0 Å². The largest absolute Gasteiger partial charge is 0.493 e. The van der Waals surface area contributed by atoms with Crippen molar-refractivity contribution in [2.24, 2.45) is 7.05 Å². The Kier molecular flexibility index (Phi) is 6.18. The summed E-state index contributed by atoms with van der Waals surface area (Å²) in [7, 11) is 1.18. The first-order valence-electron chi connectivity index (χ1n) is 8.90. The van der Waals surface area contributed by atoms with Gasteiger partial charge in [-0.3, -0.25) is 9.58 Å². The summed E-state index contributed by atoms with van der Waals surface area (Å²) in [4.78, 5) is 2.32. The molecule has 1 saturated heterocycles. The van der Waals surface area contributed by atoms with Gasteiger partial charge in [-0.15, -0.1) is 0 Å². The predicted molar refractivity (Wildman–Crippen MR) is 107 cm³/mol. The first kappa shape index (κ1) is 20.9. The van der Waals surface area contributed by atoms with Crippen molar-refractivity contribution in [2.45, 2.75) is 18.4 Å². The SMILES string of the molecule is COc1ccc(CN2CCN(S(=O)(=O)c3c(C)nn(C)c3Cl)CC2)cc1OC. The van der Waals surface area contributed by atoms with Crippen LogP contribution in [0.25, 0.3) is 0 Å². The summed E-state index contributed by atoms with van der Waals surface area (Å²) in [6, 6.07) is 5.81. The lowest BCUT2D eigenvalue weighted by Gasteiger charge is -2.34. The Morgan fingerprint density at radius 3 is 2.29 bits per heavy atom. The van der Waals surface area contributed by atoms with Crippen molar-refractivity contribution < 1.29 is 17.9 Å². The number of piperazine rings is 1. The second kappa shape index (κ2) is 8.28. The van der Waals surface area contributed by atoms with E-state index in [0.29, 0.717) is 49.9 Å². The topological polar surface area (TPSA) is 76.9 Å². The highest BCUT2D eigenvalue weighted by molar-refractivity contribution is 7.89. The van der Waals surface area contributed by atoms with Gasteiger partial charge in [0.2, 0.25) is 10.0 Å². The number of hydrogen-bond acceptors (Lipinski definition) is 6. The van der Waals surface area contributed by atoms with Crippen LogP contribution in [0.4, 0.5) is 0 Å². The van der Waals surface area contributed by atoms with E-state index in [9.17, 15) is 8.42 Å². The van der Waals surface area contributed by atoms with E-state index in [2.05, 4.69) is 10.00 Å². The van der Waals surface area contributed by atoms with Gasteiger partial charge in [0.15, 0.2) is 11.5 Å². The first-order valence-corrected chi connectivity index (χ1v) is 10.7. The summed E-state index contributed by atoms with van der Waals surface area (Å²) in [5.74, 6) is 1.37. The zero-order chi connectivity index (χ0) is 20.5. The lowest BCUT2D eigenvalue weighted by atomic mass is 10.1. The molecule has 0 spiro atoms. The summed E-state index contributed by atoms with van der Waals surface area (Å²) in [5.41, 5.74) is 1.50. The Labute approximate surface area is 170 Å². The van der Waals surface area contributed by atoms with Gasteiger partial charge in [-0.25, -0.2) is 8.42 Å². The van der Waals surface area contributed by atoms with E-state index in [1.165, 1.54) is 8.99 Å². The molecule has 1 aliphatic heterocycles. The molecule has 2 aromatic rings. The average Bonchev–Trinajstić information content (AvgIpc) is 2.94. The maximum Gasteiger partial charge on any atom is 0.248 e. The van der Waals surface area contributed by atoms with Crippen molar-refractivity contribution >= 4 is 21.6 Å². The number of rotatable bonds is 6. The van der Waals surface area contributed by atoms with Crippen LogP contribution in [0.1, 0.15) is 11.3 Å². The summed E-state index contributed by atoms with van der Waals surface area (Å²) in [5, 5.41) is 4.26. The van der Waals surface area contributed by atoms with E-state index in [4.69, 9.17) is 21.1 Å². The first-order chi connectivity index (χ1) is 13.3. The number of halogens is 1. The lowest BCUT2D eigenvalue weighted by molar-refractivity contribution is 0.181. The van der Waals surface area contributed by atoms with Crippen molar-refractivity contribution in [3.05, 3.63) is 34.6 Å². The predicted octanol–water partition coefficient (Wildman–Crippen LogP) is 1.91. The number of hydrogen-bond donors (Lipinski definition) is 0. The van der Waals surface area contributed by atoms with Crippen LogP contribution in [0.5, 0.6) is 11.5 Å². The highest BCUT2D eigenvalue weighted by Crippen LogP contribution is 2.30. The summed E-state index contributed by atoms with van der Waals surface area (Å²) in [6.45, 7) is 4.43. The van der Waals surface area contributed by atoms with Gasteiger partial charge >= 0.3 is 0 Å². The molecule has 1 aromatic carbocycles. The van der Waals surface area contributed by atoms with Crippen LogP contribution >= 0.6 is 11.6 Å². The highest BCUT2D eigenvalue weighted by Gasteiger charge is 2.33.